The van der Waals surface area contributed by atoms with E-state index < -0.39 is 0 Å². The monoisotopic (exact) mass is 396 g/mol. The van der Waals surface area contributed by atoms with Gasteiger partial charge in [-0.3, -0.25) is 4.79 Å². The molecule has 3 nitrogen and oxygen atoms in total. The summed E-state index contributed by atoms with van der Waals surface area (Å²) in [6.45, 7) is 5.39. The Morgan fingerprint density at radius 1 is 1.03 bits per heavy atom. The third-order valence-corrected chi connectivity index (χ3v) is 9.65. The minimum absolute atomic E-state index is 0.132. The maximum Gasteiger partial charge on any atom is 0.139 e. The number of hydrogen-bond acceptors (Lipinski definition) is 3. The molecule has 5 rings (SSSR count). The summed E-state index contributed by atoms with van der Waals surface area (Å²) >= 11 is 0. The van der Waals surface area contributed by atoms with Gasteiger partial charge < -0.3 is 9.84 Å². The van der Waals surface area contributed by atoms with E-state index in [1.54, 1.807) is 0 Å². The highest BCUT2D eigenvalue weighted by molar-refractivity contribution is 5.87. The number of benzene rings is 1. The number of hydrogen-bond donors (Lipinski definition) is 1. The molecule has 4 saturated carbocycles. The Kier molecular flexibility index (Phi) is 4.90. The highest BCUT2D eigenvalue weighted by Gasteiger charge is 2.62. The summed E-state index contributed by atoms with van der Waals surface area (Å²) < 4.78 is 6.66. The van der Waals surface area contributed by atoms with Crippen LogP contribution in [0.15, 0.2) is 30.3 Å². The van der Waals surface area contributed by atoms with Gasteiger partial charge >= 0.3 is 0 Å². The lowest BCUT2D eigenvalue weighted by Crippen LogP contribution is -2.59. The lowest BCUT2D eigenvalue weighted by Gasteiger charge is -2.62. The number of carbonyl (C=O) groups is 1. The maximum atomic E-state index is 12.8. The van der Waals surface area contributed by atoms with E-state index in [1.807, 2.05) is 6.07 Å². The van der Waals surface area contributed by atoms with E-state index in [0.29, 0.717) is 41.5 Å². The zero-order valence-electron chi connectivity index (χ0n) is 18.0. The van der Waals surface area contributed by atoms with Crippen LogP contribution >= 0.6 is 0 Å². The van der Waals surface area contributed by atoms with Gasteiger partial charge in [-0.05, 0) is 79.6 Å². The van der Waals surface area contributed by atoms with E-state index in [0.717, 1.165) is 51.4 Å². The average Bonchev–Trinajstić information content (AvgIpc) is 3.02. The molecular formula is C26H36O3. The van der Waals surface area contributed by atoms with Crippen LogP contribution in [0.5, 0.6) is 0 Å². The summed E-state index contributed by atoms with van der Waals surface area (Å²) in [6, 6.07) is 10.5. The summed E-state index contributed by atoms with van der Waals surface area (Å²) in [7, 11) is 0. The van der Waals surface area contributed by atoms with Gasteiger partial charge in [-0.1, -0.05) is 44.2 Å². The maximum absolute atomic E-state index is 12.8. The normalized spacial score (nSPS) is 46.7. The summed E-state index contributed by atoms with van der Waals surface area (Å²) in [5.41, 5.74) is 1.39. The third kappa shape index (κ3) is 3.11. The Labute approximate surface area is 175 Å². The molecule has 4 fully saturated rings. The zero-order valence-corrected chi connectivity index (χ0v) is 18.0. The Balaban J connectivity index is 1.46. The van der Waals surface area contributed by atoms with Gasteiger partial charge in [0.15, 0.2) is 0 Å². The number of Topliss-reactive ketones (excluding diaryl/α,β-unsaturated/α-hetero) is 1. The number of ether oxygens (including phenoxy) is 1. The van der Waals surface area contributed by atoms with Crippen LogP contribution in [-0.2, 0) is 16.1 Å². The van der Waals surface area contributed by atoms with Crippen molar-refractivity contribution in [1.82, 2.24) is 0 Å². The van der Waals surface area contributed by atoms with E-state index in [2.05, 4.69) is 38.1 Å². The van der Waals surface area contributed by atoms with Crippen LogP contribution in [0.2, 0.25) is 0 Å². The fraction of sp³-hybridized carbons (Fsp3) is 0.731. The molecule has 0 unspecified atom stereocenters. The van der Waals surface area contributed by atoms with Crippen LogP contribution in [0, 0.1) is 34.5 Å². The minimum atomic E-state index is -0.152. The molecule has 4 aliphatic rings. The van der Waals surface area contributed by atoms with Gasteiger partial charge in [0.25, 0.3) is 0 Å². The van der Waals surface area contributed by atoms with Crippen molar-refractivity contribution < 1.29 is 14.6 Å². The first-order chi connectivity index (χ1) is 13.9. The minimum Gasteiger partial charge on any atom is -0.393 e. The van der Waals surface area contributed by atoms with Gasteiger partial charge in [-0.25, -0.2) is 0 Å². The summed E-state index contributed by atoms with van der Waals surface area (Å²) in [5, 5.41) is 10.4. The van der Waals surface area contributed by atoms with E-state index >= 15 is 0 Å². The molecule has 29 heavy (non-hydrogen) atoms. The Hall–Kier alpha value is -1.19. The van der Waals surface area contributed by atoms with E-state index in [9.17, 15) is 9.90 Å². The Morgan fingerprint density at radius 3 is 2.62 bits per heavy atom. The molecule has 1 N–H and O–H groups in total. The first kappa shape index (κ1) is 19.8. The van der Waals surface area contributed by atoms with Gasteiger partial charge in [0.1, 0.15) is 5.78 Å². The standard InChI is InChI=1S/C26H36O3/c1-25-12-10-19(27)14-18(25)15-22(29-16-17-6-4-3-5-7-17)24-20-8-9-23(28)26(20,2)13-11-21(24)25/h3-7,18-22,24,27H,8-16H2,1-2H3/t18-,19-,20+,21+,22+,24+,25+,26+/m0/s1. The van der Waals surface area contributed by atoms with E-state index in [-0.39, 0.29) is 17.6 Å². The van der Waals surface area contributed by atoms with Gasteiger partial charge in [0, 0.05) is 11.8 Å². The first-order valence-electron chi connectivity index (χ1n) is 11.8. The van der Waals surface area contributed by atoms with Crippen LogP contribution in [-0.4, -0.2) is 23.1 Å². The first-order valence-corrected chi connectivity index (χ1v) is 11.8. The zero-order chi connectivity index (χ0) is 20.2. The van der Waals surface area contributed by atoms with Crippen molar-refractivity contribution in [3.63, 3.8) is 0 Å². The van der Waals surface area contributed by atoms with Crippen LogP contribution in [0.1, 0.15) is 70.8 Å². The Bertz CT molecular complexity index is 760. The third-order valence-electron chi connectivity index (χ3n) is 9.65. The molecule has 3 heteroatoms. The quantitative estimate of drug-likeness (QED) is 0.768. The molecule has 0 spiro atoms. The van der Waals surface area contributed by atoms with Crippen molar-refractivity contribution in [3.05, 3.63) is 35.9 Å². The molecular weight excluding hydrogens is 360 g/mol. The molecule has 1 aromatic rings. The second-order valence-corrected chi connectivity index (χ2v) is 10.9. The van der Waals surface area contributed by atoms with Gasteiger partial charge in [0.05, 0.1) is 18.8 Å². The number of rotatable bonds is 3. The van der Waals surface area contributed by atoms with E-state index in [4.69, 9.17) is 4.74 Å². The number of fused-ring (bicyclic) bond motifs is 5. The fourth-order valence-corrected chi connectivity index (χ4v) is 7.90. The van der Waals surface area contributed by atoms with Crippen LogP contribution in [0.25, 0.3) is 0 Å². The van der Waals surface area contributed by atoms with Crippen molar-refractivity contribution in [2.45, 2.75) is 84.0 Å². The smallest absolute Gasteiger partial charge is 0.139 e. The molecule has 0 bridgehead atoms. The summed E-state index contributed by atoms with van der Waals surface area (Å²) in [5.74, 6) is 2.61. The summed E-state index contributed by atoms with van der Waals surface area (Å²) in [6.07, 6.45) is 8.09. The highest BCUT2D eigenvalue weighted by atomic mass is 16.5. The molecule has 8 atom stereocenters. The van der Waals surface area contributed by atoms with Crippen LogP contribution in [0.4, 0.5) is 0 Å². The largest absolute Gasteiger partial charge is 0.393 e. The summed E-state index contributed by atoms with van der Waals surface area (Å²) in [4.78, 5) is 12.8. The molecule has 0 heterocycles. The Morgan fingerprint density at radius 2 is 1.83 bits per heavy atom. The predicted molar refractivity (Wildman–Crippen MR) is 113 cm³/mol. The molecule has 0 amide bonds. The van der Waals surface area contributed by atoms with Crippen molar-refractivity contribution in [1.29, 1.82) is 0 Å². The van der Waals surface area contributed by atoms with E-state index in [1.165, 1.54) is 5.56 Å². The van der Waals surface area contributed by atoms with Gasteiger partial charge in [-0.15, -0.1) is 0 Å². The molecule has 0 radical (unpaired) electrons. The topological polar surface area (TPSA) is 46.5 Å². The van der Waals surface area contributed by atoms with Gasteiger partial charge in [0.2, 0.25) is 0 Å². The van der Waals surface area contributed by atoms with Crippen molar-refractivity contribution in [3.8, 4) is 0 Å². The lowest BCUT2D eigenvalue weighted by atomic mass is 9.44. The molecule has 1 aromatic carbocycles. The number of aliphatic hydroxyl groups excluding tert-OH is 1. The second kappa shape index (κ2) is 7.20. The predicted octanol–water partition coefficient (Wildman–Crippen LogP) is 5.15. The van der Waals surface area contributed by atoms with Crippen molar-refractivity contribution in [2.75, 3.05) is 0 Å². The number of ketones is 1. The number of aliphatic hydroxyl groups is 1. The average molecular weight is 397 g/mol. The highest BCUT2D eigenvalue weighted by Crippen LogP contribution is 2.65. The van der Waals surface area contributed by atoms with Crippen molar-refractivity contribution in [2.24, 2.45) is 34.5 Å². The van der Waals surface area contributed by atoms with Gasteiger partial charge in [-0.2, -0.15) is 0 Å². The SMILES string of the molecule is C[C@@]12CC[C@H](O)C[C@H]1C[C@@H](OCc1ccccc1)[C@H]1[C@H]2CC[C@@]2(C)C(=O)CC[C@H]12. The fourth-order valence-electron chi connectivity index (χ4n) is 7.90. The second-order valence-electron chi connectivity index (χ2n) is 10.9. The van der Waals surface area contributed by atoms with Crippen LogP contribution < -0.4 is 0 Å². The lowest BCUT2D eigenvalue weighted by molar-refractivity contribution is -0.187. The van der Waals surface area contributed by atoms with Crippen LogP contribution in [0.3, 0.4) is 0 Å². The van der Waals surface area contributed by atoms with Crippen molar-refractivity contribution >= 4 is 5.78 Å². The molecule has 0 aliphatic heterocycles. The molecule has 4 aliphatic carbocycles. The molecule has 158 valence electrons. The number of carbonyl (C=O) groups excluding carboxylic acids is 1. The molecule has 0 aromatic heterocycles. The molecule has 0 saturated heterocycles.